The monoisotopic (exact) mass is 222 g/mol. The van der Waals surface area contributed by atoms with Crippen LogP contribution in [0.1, 0.15) is 32.6 Å². The van der Waals surface area contributed by atoms with E-state index < -0.39 is 0 Å². The Labute approximate surface area is 99.6 Å². The molecule has 92 valence electrons. The molecule has 1 heterocycles. The van der Waals surface area contributed by atoms with Gasteiger partial charge < -0.3 is 10.6 Å². The zero-order chi connectivity index (χ0) is 11.0. The van der Waals surface area contributed by atoms with E-state index >= 15 is 0 Å². The second-order valence-electron chi connectivity index (χ2n) is 6.39. The molecule has 2 nitrogen and oxygen atoms in total. The lowest BCUT2D eigenvalue weighted by Gasteiger charge is -2.19. The Morgan fingerprint density at radius 2 is 1.81 bits per heavy atom. The maximum absolute atomic E-state index is 3.76. The van der Waals surface area contributed by atoms with Crippen LogP contribution in [0.25, 0.3) is 0 Å². The molecule has 0 spiro atoms. The van der Waals surface area contributed by atoms with Crippen LogP contribution < -0.4 is 10.6 Å². The Bertz CT molecular complexity index is 221. The van der Waals surface area contributed by atoms with E-state index in [0.29, 0.717) is 0 Å². The Morgan fingerprint density at radius 1 is 1.12 bits per heavy atom. The van der Waals surface area contributed by atoms with E-state index in [1.807, 2.05) is 0 Å². The van der Waals surface area contributed by atoms with Gasteiger partial charge >= 0.3 is 0 Å². The van der Waals surface area contributed by atoms with Crippen LogP contribution in [0.15, 0.2) is 0 Å². The van der Waals surface area contributed by atoms with Gasteiger partial charge in [0.15, 0.2) is 0 Å². The first-order valence-electron chi connectivity index (χ1n) is 7.26. The lowest BCUT2D eigenvalue weighted by atomic mass is 9.96. The summed E-state index contributed by atoms with van der Waals surface area (Å²) in [6.07, 6.45) is 6.07. The van der Waals surface area contributed by atoms with Gasteiger partial charge in [-0.1, -0.05) is 6.92 Å². The third-order valence-corrected chi connectivity index (χ3v) is 4.92. The minimum Gasteiger partial charge on any atom is -0.316 e. The van der Waals surface area contributed by atoms with E-state index in [1.54, 1.807) is 0 Å². The van der Waals surface area contributed by atoms with E-state index in [-0.39, 0.29) is 0 Å². The first kappa shape index (κ1) is 11.0. The van der Waals surface area contributed by atoms with Crippen LogP contribution in [0, 0.1) is 29.6 Å². The van der Waals surface area contributed by atoms with Gasteiger partial charge in [0.05, 0.1) is 0 Å². The van der Waals surface area contributed by atoms with Crippen LogP contribution in [-0.2, 0) is 0 Å². The lowest BCUT2D eigenvalue weighted by Crippen LogP contribution is -2.32. The summed E-state index contributed by atoms with van der Waals surface area (Å²) in [6.45, 7) is 7.38. The van der Waals surface area contributed by atoms with Gasteiger partial charge in [-0.25, -0.2) is 0 Å². The molecule has 1 aliphatic heterocycles. The molecule has 0 aromatic carbocycles. The fourth-order valence-electron chi connectivity index (χ4n) is 3.34. The van der Waals surface area contributed by atoms with Gasteiger partial charge in [0.2, 0.25) is 0 Å². The van der Waals surface area contributed by atoms with Crippen molar-refractivity contribution in [2.45, 2.75) is 32.6 Å². The molecule has 1 saturated heterocycles. The first-order valence-corrected chi connectivity index (χ1v) is 7.26. The minimum absolute atomic E-state index is 0.868. The Morgan fingerprint density at radius 3 is 2.31 bits per heavy atom. The number of nitrogens with one attached hydrogen (secondary N) is 2. The van der Waals surface area contributed by atoms with E-state index in [9.17, 15) is 0 Å². The van der Waals surface area contributed by atoms with Crippen LogP contribution in [0.4, 0.5) is 0 Å². The minimum atomic E-state index is 0.868. The molecule has 0 bridgehead atoms. The van der Waals surface area contributed by atoms with Gasteiger partial charge in [0.1, 0.15) is 0 Å². The summed E-state index contributed by atoms with van der Waals surface area (Å²) in [7, 11) is 0. The molecular weight excluding hydrogens is 196 g/mol. The maximum atomic E-state index is 3.76. The quantitative estimate of drug-likeness (QED) is 0.717. The average Bonchev–Trinajstić information content (AvgIpc) is 3.15. The second kappa shape index (κ2) is 4.66. The molecule has 3 fully saturated rings. The maximum Gasteiger partial charge on any atom is -0.000522 e. The summed E-state index contributed by atoms with van der Waals surface area (Å²) in [5, 5.41) is 7.25. The molecule has 0 aromatic rings. The zero-order valence-corrected chi connectivity index (χ0v) is 10.5. The van der Waals surface area contributed by atoms with E-state index in [0.717, 1.165) is 29.6 Å². The average molecular weight is 222 g/mol. The van der Waals surface area contributed by atoms with Crippen molar-refractivity contribution in [3.05, 3.63) is 0 Å². The predicted octanol–water partition coefficient (Wildman–Crippen LogP) is 1.87. The van der Waals surface area contributed by atoms with Gasteiger partial charge in [-0.3, -0.25) is 0 Å². The highest BCUT2D eigenvalue weighted by Gasteiger charge is 2.40. The predicted molar refractivity (Wildman–Crippen MR) is 67.3 cm³/mol. The van der Waals surface area contributed by atoms with Crippen molar-refractivity contribution in [2.75, 3.05) is 26.2 Å². The second-order valence-corrected chi connectivity index (χ2v) is 6.39. The highest BCUT2D eigenvalue weighted by Crippen LogP contribution is 2.48. The smallest absolute Gasteiger partial charge is 0.000522 e. The normalized spacial score (nSPS) is 34.9. The molecule has 0 radical (unpaired) electrons. The van der Waals surface area contributed by atoms with Crippen molar-refractivity contribution in [1.29, 1.82) is 0 Å². The van der Waals surface area contributed by atoms with Crippen molar-refractivity contribution in [1.82, 2.24) is 10.6 Å². The van der Waals surface area contributed by atoms with Crippen LogP contribution in [0.5, 0.6) is 0 Å². The van der Waals surface area contributed by atoms with Crippen molar-refractivity contribution in [3.8, 4) is 0 Å². The third kappa shape index (κ3) is 2.60. The Hall–Kier alpha value is -0.0800. The summed E-state index contributed by atoms with van der Waals surface area (Å²) in [5.41, 5.74) is 0. The van der Waals surface area contributed by atoms with Crippen LogP contribution >= 0.6 is 0 Å². The molecule has 16 heavy (non-hydrogen) atoms. The topological polar surface area (TPSA) is 24.1 Å². The molecule has 3 rings (SSSR count). The van der Waals surface area contributed by atoms with Crippen molar-refractivity contribution >= 4 is 0 Å². The summed E-state index contributed by atoms with van der Waals surface area (Å²) < 4.78 is 0. The summed E-state index contributed by atoms with van der Waals surface area (Å²) in [4.78, 5) is 0. The molecule has 2 atom stereocenters. The lowest BCUT2D eigenvalue weighted by molar-refractivity contribution is 0.348. The molecule has 2 aliphatic carbocycles. The molecule has 0 aromatic heterocycles. The summed E-state index contributed by atoms with van der Waals surface area (Å²) >= 11 is 0. The van der Waals surface area contributed by atoms with Crippen LogP contribution in [0.3, 0.4) is 0 Å². The van der Waals surface area contributed by atoms with E-state index in [4.69, 9.17) is 0 Å². The van der Waals surface area contributed by atoms with E-state index in [2.05, 4.69) is 17.6 Å². The zero-order valence-electron chi connectivity index (χ0n) is 10.5. The van der Waals surface area contributed by atoms with Crippen molar-refractivity contribution in [2.24, 2.45) is 29.6 Å². The number of rotatable bonds is 6. The summed E-state index contributed by atoms with van der Waals surface area (Å²) in [5.74, 6) is 4.97. The van der Waals surface area contributed by atoms with Gasteiger partial charge in [-0.05, 0) is 81.5 Å². The van der Waals surface area contributed by atoms with Crippen LogP contribution in [-0.4, -0.2) is 26.2 Å². The fraction of sp³-hybridized carbons (Fsp3) is 1.00. The molecule has 0 amide bonds. The van der Waals surface area contributed by atoms with Gasteiger partial charge in [-0.2, -0.15) is 0 Å². The summed E-state index contributed by atoms with van der Waals surface area (Å²) in [6, 6.07) is 0. The molecule has 2 N–H and O–H groups in total. The van der Waals surface area contributed by atoms with E-state index in [1.165, 1.54) is 51.9 Å². The highest BCUT2D eigenvalue weighted by atomic mass is 15.0. The largest absolute Gasteiger partial charge is 0.316 e. The fourth-order valence-corrected chi connectivity index (χ4v) is 3.34. The third-order valence-electron chi connectivity index (χ3n) is 4.92. The number of hydrogen-bond acceptors (Lipinski definition) is 2. The first-order chi connectivity index (χ1) is 7.84. The standard InChI is InChI=1S/C14H26N2/c1-10-6-15-7-13(10)8-16-9-14(11-2-3-11)12-4-5-12/h10-16H,2-9H2,1H3/t10-,13+/m1/s1. The molecule has 0 unspecified atom stereocenters. The van der Waals surface area contributed by atoms with Gasteiger partial charge in [-0.15, -0.1) is 0 Å². The van der Waals surface area contributed by atoms with Crippen LogP contribution in [0.2, 0.25) is 0 Å². The highest BCUT2D eigenvalue weighted by molar-refractivity contribution is 4.92. The van der Waals surface area contributed by atoms with Crippen molar-refractivity contribution in [3.63, 3.8) is 0 Å². The Balaban J connectivity index is 1.38. The Kier molecular flexibility index (Phi) is 3.21. The van der Waals surface area contributed by atoms with Gasteiger partial charge in [0, 0.05) is 0 Å². The number of hydrogen-bond donors (Lipinski definition) is 2. The molecule has 2 heteroatoms. The molecular formula is C14H26N2. The SMILES string of the molecule is C[C@@H]1CNC[C@H]1CNCC(C1CC1)C1CC1. The molecule has 2 saturated carbocycles. The van der Waals surface area contributed by atoms with Crippen molar-refractivity contribution < 1.29 is 0 Å². The van der Waals surface area contributed by atoms with Gasteiger partial charge in [0.25, 0.3) is 0 Å². The molecule has 3 aliphatic rings.